The van der Waals surface area contributed by atoms with Crippen LogP contribution in [0.2, 0.25) is 0 Å². The smallest absolute Gasteiger partial charge is 0.338 e. The molecule has 8 nitrogen and oxygen atoms in total. The Kier molecular flexibility index (Phi) is 6.87. The van der Waals surface area contributed by atoms with Gasteiger partial charge < -0.3 is 15.4 Å². The van der Waals surface area contributed by atoms with Crippen LogP contribution in [0.3, 0.4) is 0 Å². The highest BCUT2D eigenvalue weighted by Gasteiger charge is 2.49. The number of benzene rings is 2. The van der Waals surface area contributed by atoms with Gasteiger partial charge in [0, 0.05) is 5.69 Å². The molecule has 2 aromatic carbocycles. The second-order valence-electron chi connectivity index (χ2n) is 7.57. The van der Waals surface area contributed by atoms with Crippen molar-refractivity contribution in [2.24, 2.45) is 0 Å². The molecular weight excluding hydrogens is 417 g/mol. The SMILES string of the molecule is CCCCOC(=O)c1ccc(NC(=O)CN2C(=O)NC(C)(c3ccc(F)cc3)C2=O)cc1. The number of ether oxygens (including phenoxy) is 1. The van der Waals surface area contributed by atoms with Crippen molar-refractivity contribution in [2.45, 2.75) is 32.2 Å². The molecule has 9 heteroatoms. The van der Waals surface area contributed by atoms with E-state index >= 15 is 0 Å². The number of rotatable bonds is 8. The molecule has 0 aromatic heterocycles. The first-order valence-electron chi connectivity index (χ1n) is 10.2. The molecule has 32 heavy (non-hydrogen) atoms. The normalized spacial score (nSPS) is 17.8. The van der Waals surface area contributed by atoms with E-state index in [2.05, 4.69) is 10.6 Å². The predicted octanol–water partition coefficient (Wildman–Crippen LogP) is 3.19. The Morgan fingerprint density at radius 1 is 1.09 bits per heavy atom. The van der Waals surface area contributed by atoms with Crippen LogP contribution in [0.1, 0.15) is 42.6 Å². The third kappa shape index (κ3) is 4.93. The Labute approximate surface area is 184 Å². The molecule has 1 fully saturated rings. The lowest BCUT2D eigenvalue weighted by Crippen LogP contribution is -2.42. The summed E-state index contributed by atoms with van der Waals surface area (Å²) in [6.07, 6.45) is 1.70. The number of amides is 4. The molecule has 0 bridgehead atoms. The van der Waals surface area contributed by atoms with Crippen LogP contribution in [0.25, 0.3) is 0 Å². The van der Waals surface area contributed by atoms with Crippen LogP contribution in [-0.4, -0.2) is 41.9 Å². The van der Waals surface area contributed by atoms with Gasteiger partial charge in [0.05, 0.1) is 12.2 Å². The van der Waals surface area contributed by atoms with Crippen molar-refractivity contribution in [1.29, 1.82) is 0 Å². The number of carbonyl (C=O) groups excluding carboxylic acids is 4. The molecule has 0 aliphatic carbocycles. The quantitative estimate of drug-likeness (QED) is 0.372. The lowest BCUT2D eigenvalue weighted by Gasteiger charge is -2.22. The van der Waals surface area contributed by atoms with E-state index in [4.69, 9.17) is 4.74 Å². The van der Waals surface area contributed by atoms with Crippen LogP contribution in [0.15, 0.2) is 48.5 Å². The van der Waals surface area contributed by atoms with Gasteiger partial charge in [-0.3, -0.25) is 14.5 Å². The van der Waals surface area contributed by atoms with Crippen molar-refractivity contribution in [3.05, 3.63) is 65.5 Å². The average Bonchev–Trinajstić information content (AvgIpc) is 2.98. The molecule has 1 atom stereocenters. The third-order valence-electron chi connectivity index (χ3n) is 5.13. The predicted molar refractivity (Wildman–Crippen MR) is 114 cm³/mol. The summed E-state index contributed by atoms with van der Waals surface area (Å²) in [5.41, 5.74) is -0.247. The van der Waals surface area contributed by atoms with Crippen molar-refractivity contribution in [3.8, 4) is 0 Å². The number of nitrogens with zero attached hydrogens (tertiary/aromatic N) is 1. The fourth-order valence-corrected chi connectivity index (χ4v) is 3.25. The van der Waals surface area contributed by atoms with E-state index in [1.54, 1.807) is 0 Å². The average molecular weight is 441 g/mol. The van der Waals surface area contributed by atoms with Crippen LogP contribution in [0.5, 0.6) is 0 Å². The van der Waals surface area contributed by atoms with Gasteiger partial charge in [-0.2, -0.15) is 0 Å². The molecule has 1 aliphatic rings. The van der Waals surface area contributed by atoms with Crippen LogP contribution < -0.4 is 10.6 Å². The van der Waals surface area contributed by atoms with E-state index in [0.29, 0.717) is 23.4 Å². The molecular formula is C23H24FN3O5. The molecule has 1 heterocycles. The molecule has 2 N–H and O–H groups in total. The van der Waals surface area contributed by atoms with Crippen molar-refractivity contribution in [1.82, 2.24) is 10.2 Å². The molecule has 0 radical (unpaired) electrons. The second-order valence-corrected chi connectivity index (χ2v) is 7.57. The number of imide groups is 1. The molecule has 0 spiro atoms. The van der Waals surface area contributed by atoms with Crippen LogP contribution >= 0.6 is 0 Å². The molecule has 1 unspecified atom stereocenters. The fraction of sp³-hybridized carbons (Fsp3) is 0.304. The van der Waals surface area contributed by atoms with Gasteiger partial charge in [-0.05, 0) is 55.3 Å². The summed E-state index contributed by atoms with van der Waals surface area (Å²) in [4.78, 5) is 50.4. The van der Waals surface area contributed by atoms with Crippen LogP contribution in [0, 0.1) is 5.82 Å². The number of urea groups is 1. The first-order chi connectivity index (χ1) is 15.2. The largest absolute Gasteiger partial charge is 0.462 e. The number of anilines is 1. The van der Waals surface area contributed by atoms with Crippen molar-refractivity contribution in [3.63, 3.8) is 0 Å². The monoisotopic (exact) mass is 441 g/mol. The van der Waals surface area contributed by atoms with Gasteiger partial charge in [0.25, 0.3) is 5.91 Å². The summed E-state index contributed by atoms with van der Waals surface area (Å²) in [7, 11) is 0. The lowest BCUT2D eigenvalue weighted by atomic mass is 9.92. The highest BCUT2D eigenvalue weighted by Crippen LogP contribution is 2.28. The topological polar surface area (TPSA) is 105 Å². The minimum absolute atomic E-state index is 0.344. The first kappa shape index (κ1) is 22.9. The van der Waals surface area contributed by atoms with Gasteiger partial charge in [-0.1, -0.05) is 25.5 Å². The minimum atomic E-state index is -1.40. The third-order valence-corrected chi connectivity index (χ3v) is 5.13. The minimum Gasteiger partial charge on any atom is -0.462 e. The number of nitrogens with one attached hydrogen (secondary N) is 2. The number of hydrogen-bond acceptors (Lipinski definition) is 5. The Hall–Kier alpha value is -3.75. The molecule has 4 amide bonds. The number of carbonyl (C=O) groups is 4. The van der Waals surface area contributed by atoms with Gasteiger partial charge >= 0.3 is 12.0 Å². The summed E-state index contributed by atoms with van der Waals surface area (Å²) in [5.74, 6) is -2.12. The lowest BCUT2D eigenvalue weighted by molar-refractivity contribution is -0.133. The molecule has 168 valence electrons. The number of esters is 1. The zero-order valence-corrected chi connectivity index (χ0v) is 17.8. The zero-order chi connectivity index (χ0) is 23.3. The Morgan fingerprint density at radius 2 is 1.75 bits per heavy atom. The maximum atomic E-state index is 13.2. The van der Waals surface area contributed by atoms with E-state index in [1.807, 2.05) is 6.92 Å². The van der Waals surface area contributed by atoms with E-state index < -0.39 is 41.7 Å². The van der Waals surface area contributed by atoms with E-state index in [9.17, 15) is 23.6 Å². The Bertz CT molecular complexity index is 1020. The summed E-state index contributed by atoms with van der Waals surface area (Å²) in [6, 6.07) is 10.6. The van der Waals surface area contributed by atoms with E-state index in [0.717, 1.165) is 17.7 Å². The number of halogens is 1. The van der Waals surface area contributed by atoms with E-state index in [-0.39, 0.29) is 0 Å². The maximum absolute atomic E-state index is 13.2. The standard InChI is InChI=1S/C23H24FN3O5/c1-3-4-13-32-20(29)15-5-11-18(12-6-15)25-19(28)14-27-21(30)23(2,26-22(27)31)16-7-9-17(24)10-8-16/h5-12H,3-4,13-14H2,1-2H3,(H,25,28)(H,26,31). The zero-order valence-electron chi connectivity index (χ0n) is 17.8. The highest BCUT2D eigenvalue weighted by molar-refractivity contribution is 6.10. The summed E-state index contributed by atoms with van der Waals surface area (Å²) in [6.45, 7) is 3.34. The summed E-state index contributed by atoms with van der Waals surface area (Å²) in [5, 5.41) is 5.15. The van der Waals surface area contributed by atoms with Crippen LogP contribution in [-0.2, 0) is 19.9 Å². The molecule has 1 saturated heterocycles. The first-order valence-corrected chi connectivity index (χ1v) is 10.2. The van der Waals surface area contributed by atoms with Crippen LogP contribution in [0.4, 0.5) is 14.9 Å². The molecule has 1 aliphatic heterocycles. The number of hydrogen-bond donors (Lipinski definition) is 2. The van der Waals surface area contributed by atoms with Gasteiger partial charge in [0.1, 0.15) is 17.9 Å². The van der Waals surface area contributed by atoms with Gasteiger partial charge in [0.2, 0.25) is 5.91 Å². The maximum Gasteiger partial charge on any atom is 0.338 e. The molecule has 2 aromatic rings. The fourth-order valence-electron chi connectivity index (χ4n) is 3.25. The van der Waals surface area contributed by atoms with Gasteiger partial charge in [-0.25, -0.2) is 14.0 Å². The molecule has 3 rings (SSSR count). The summed E-state index contributed by atoms with van der Waals surface area (Å²) >= 11 is 0. The van der Waals surface area contributed by atoms with Gasteiger partial charge in [0.15, 0.2) is 0 Å². The number of unbranched alkanes of at least 4 members (excludes halogenated alkanes) is 1. The Morgan fingerprint density at radius 3 is 2.38 bits per heavy atom. The molecule has 0 saturated carbocycles. The van der Waals surface area contributed by atoms with Gasteiger partial charge in [-0.15, -0.1) is 0 Å². The van der Waals surface area contributed by atoms with E-state index in [1.165, 1.54) is 55.5 Å². The summed E-state index contributed by atoms with van der Waals surface area (Å²) < 4.78 is 18.3. The second kappa shape index (κ2) is 9.59. The van der Waals surface area contributed by atoms with Crippen molar-refractivity contribution in [2.75, 3.05) is 18.5 Å². The van der Waals surface area contributed by atoms with Crippen molar-refractivity contribution >= 4 is 29.5 Å². The van der Waals surface area contributed by atoms with Crippen molar-refractivity contribution < 1.29 is 28.3 Å². The highest BCUT2D eigenvalue weighted by atomic mass is 19.1. The Balaban J connectivity index is 1.61.